The second-order valence-corrected chi connectivity index (χ2v) is 5.79. The van der Waals surface area contributed by atoms with Gasteiger partial charge in [-0.2, -0.15) is 0 Å². The Morgan fingerprint density at radius 2 is 1.92 bits per heavy atom. The van der Waals surface area contributed by atoms with Crippen LogP contribution in [-0.4, -0.2) is 25.7 Å². The highest BCUT2D eigenvalue weighted by molar-refractivity contribution is 5.78. The van der Waals surface area contributed by atoms with E-state index in [1.54, 1.807) is 0 Å². The number of rotatable bonds is 6. The second kappa shape index (κ2) is 8.24. The highest BCUT2D eigenvalue weighted by Gasteiger charge is 2.20. The third-order valence-corrected chi connectivity index (χ3v) is 4.00. The summed E-state index contributed by atoms with van der Waals surface area (Å²) in [6, 6.07) is 18.4. The van der Waals surface area contributed by atoms with Crippen molar-refractivity contribution in [1.82, 2.24) is 5.32 Å². The summed E-state index contributed by atoms with van der Waals surface area (Å²) in [6.45, 7) is 2.27. The smallest absolute Gasteiger partial charge is 0.189 e. The van der Waals surface area contributed by atoms with Crippen LogP contribution < -0.4 is 21.1 Å². The van der Waals surface area contributed by atoms with Crippen LogP contribution in [-0.2, 0) is 0 Å². The molecule has 1 aliphatic rings. The van der Waals surface area contributed by atoms with Gasteiger partial charge in [-0.1, -0.05) is 36.4 Å². The summed E-state index contributed by atoms with van der Waals surface area (Å²) < 4.78 is 5.66. The molecule has 5 nitrogen and oxygen atoms in total. The molecule has 0 fully saturated rings. The van der Waals surface area contributed by atoms with E-state index in [1.165, 1.54) is 0 Å². The maximum atomic E-state index is 6.03. The van der Waals surface area contributed by atoms with E-state index >= 15 is 0 Å². The van der Waals surface area contributed by atoms with Crippen LogP contribution in [0.3, 0.4) is 0 Å². The van der Waals surface area contributed by atoms with Gasteiger partial charge in [0.1, 0.15) is 5.75 Å². The van der Waals surface area contributed by atoms with Gasteiger partial charge >= 0.3 is 0 Å². The van der Waals surface area contributed by atoms with Crippen LogP contribution >= 0.6 is 0 Å². The number of nitrogens with zero attached hydrogens (tertiary/aromatic N) is 1. The summed E-state index contributed by atoms with van der Waals surface area (Å²) >= 11 is 0. The summed E-state index contributed by atoms with van der Waals surface area (Å²) in [5.41, 5.74) is 8.31. The molecule has 0 amide bonds. The van der Waals surface area contributed by atoms with Crippen molar-refractivity contribution in [1.29, 1.82) is 0 Å². The fourth-order valence-corrected chi connectivity index (χ4v) is 2.78. The van der Waals surface area contributed by atoms with E-state index in [0.29, 0.717) is 19.1 Å². The van der Waals surface area contributed by atoms with Gasteiger partial charge in [0.2, 0.25) is 0 Å². The number of ether oxygens (including phenoxy) is 1. The minimum absolute atomic E-state index is 0.168. The van der Waals surface area contributed by atoms with E-state index in [4.69, 9.17) is 10.5 Å². The van der Waals surface area contributed by atoms with E-state index in [1.807, 2.05) is 36.4 Å². The molecule has 0 aromatic heterocycles. The van der Waals surface area contributed by atoms with Crippen molar-refractivity contribution in [3.63, 3.8) is 0 Å². The number of guanidine groups is 1. The lowest BCUT2D eigenvalue weighted by atomic mass is 10.0. The van der Waals surface area contributed by atoms with Crippen LogP contribution in [0.25, 0.3) is 0 Å². The minimum Gasteiger partial charge on any atom is -0.493 e. The van der Waals surface area contributed by atoms with Gasteiger partial charge in [0.15, 0.2) is 5.96 Å². The molecule has 24 heavy (non-hydrogen) atoms. The van der Waals surface area contributed by atoms with Crippen LogP contribution in [0.15, 0.2) is 59.6 Å². The molecule has 0 saturated carbocycles. The summed E-state index contributed by atoms with van der Waals surface area (Å²) in [6.07, 6.45) is 1.82. The molecule has 2 aromatic carbocycles. The van der Waals surface area contributed by atoms with Crippen molar-refractivity contribution >= 4 is 11.6 Å². The molecular formula is C19H24N4O. The van der Waals surface area contributed by atoms with Gasteiger partial charge in [0.25, 0.3) is 0 Å². The quantitative estimate of drug-likeness (QED) is 0.434. The molecule has 126 valence electrons. The Kier molecular flexibility index (Phi) is 5.56. The van der Waals surface area contributed by atoms with Gasteiger partial charge < -0.3 is 21.1 Å². The molecule has 4 N–H and O–H groups in total. The van der Waals surface area contributed by atoms with Crippen molar-refractivity contribution in [2.75, 3.05) is 25.0 Å². The maximum Gasteiger partial charge on any atom is 0.189 e. The zero-order valence-electron chi connectivity index (χ0n) is 13.7. The predicted molar refractivity (Wildman–Crippen MR) is 98.5 cm³/mol. The lowest BCUT2D eigenvalue weighted by molar-refractivity contribution is 0.262. The van der Waals surface area contributed by atoms with E-state index in [9.17, 15) is 0 Å². The highest BCUT2D eigenvalue weighted by atomic mass is 16.5. The molecule has 1 atom stereocenters. The number of nitrogens with one attached hydrogen (secondary N) is 2. The zero-order valence-corrected chi connectivity index (χ0v) is 13.7. The zero-order chi connectivity index (χ0) is 16.6. The van der Waals surface area contributed by atoms with E-state index in [2.05, 4.69) is 33.8 Å². The summed E-state index contributed by atoms with van der Waals surface area (Å²) in [5, 5.41) is 6.68. The number of fused-ring (bicyclic) bond motifs is 1. The minimum atomic E-state index is 0.168. The number of nitrogens with two attached hydrogens (primary N) is 1. The lowest BCUT2D eigenvalue weighted by Gasteiger charge is -2.26. The van der Waals surface area contributed by atoms with E-state index in [-0.39, 0.29) is 6.04 Å². The fraction of sp³-hybridized carbons (Fsp3) is 0.316. The normalized spacial score (nSPS) is 16.8. The maximum absolute atomic E-state index is 6.03. The standard InChI is InChI=1S/C19H24N4O/c20-19(22-13-6-12-21-15-7-2-1-3-8-15)23-17-11-14-24-18-10-5-4-9-16(17)18/h1-5,7-10,17,21H,6,11-14H2,(H3,20,22,23). The van der Waals surface area contributed by atoms with Crippen LogP contribution in [0.1, 0.15) is 24.4 Å². The molecule has 3 rings (SSSR count). The largest absolute Gasteiger partial charge is 0.493 e. The van der Waals surface area contributed by atoms with Crippen molar-refractivity contribution in [2.24, 2.45) is 10.7 Å². The van der Waals surface area contributed by atoms with E-state index in [0.717, 1.165) is 36.4 Å². The summed E-state index contributed by atoms with van der Waals surface area (Å²) in [4.78, 5) is 4.42. The number of hydrogen-bond acceptors (Lipinski definition) is 3. The molecule has 2 aromatic rings. The highest BCUT2D eigenvalue weighted by Crippen LogP contribution is 2.31. The van der Waals surface area contributed by atoms with Gasteiger partial charge in [-0.3, -0.25) is 4.99 Å². The first-order valence-corrected chi connectivity index (χ1v) is 8.40. The van der Waals surface area contributed by atoms with E-state index < -0.39 is 0 Å². The van der Waals surface area contributed by atoms with Crippen molar-refractivity contribution in [2.45, 2.75) is 18.9 Å². The van der Waals surface area contributed by atoms with Gasteiger partial charge in [0, 0.05) is 30.8 Å². The van der Waals surface area contributed by atoms with Gasteiger partial charge in [-0.05, 0) is 24.6 Å². The SMILES string of the molecule is NC(=NCCCNc1ccccc1)NC1CCOc2ccccc21. The Bertz CT molecular complexity index is 672. The number of benzene rings is 2. The van der Waals surface area contributed by atoms with Crippen molar-refractivity contribution in [3.8, 4) is 5.75 Å². The first kappa shape index (κ1) is 16.2. The molecule has 0 bridgehead atoms. The molecule has 5 heteroatoms. The fourth-order valence-electron chi connectivity index (χ4n) is 2.78. The van der Waals surface area contributed by atoms with Crippen molar-refractivity contribution < 1.29 is 4.74 Å². The average Bonchev–Trinajstić information content (AvgIpc) is 2.63. The third-order valence-electron chi connectivity index (χ3n) is 4.00. The Morgan fingerprint density at radius 3 is 2.79 bits per heavy atom. The molecule has 0 radical (unpaired) electrons. The van der Waals surface area contributed by atoms with Gasteiger partial charge in [-0.15, -0.1) is 0 Å². The van der Waals surface area contributed by atoms with Gasteiger partial charge in [-0.25, -0.2) is 0 Å². The van der Waals surface area contributed by atoms with Crippen molar-refractivity contribution in [3.05, 3.63) is 60.2 Å². The van der Waals surface area contributed by atoms with Crippen LogP contribution in [0.2, 0.25) is 0 Å². The van der Waals surface area contributed by atoms with Crippen LogP contribution in [0, 0.1) is 0 Å². The molecule has 1 heterocycles. The first-order chi connectivity index (χ1) is 11.8. The topological polar surface area (TPSA) is 71.7 Å². The second-order valence-electron chi connectivity index (χ2n) is 5.79. The number of anilines is 1. The molecule has 0 aliphatic carbocycles. The Morgan fingerprint density at radius 1 is 1.12 bits per heavy atom. The van der Waals surface area contributed by atoms with Crippen LogP contribution in [0.5, 0.6) is 5.75 Å². The third kappa shape index (κ3) is 4.41. The number of para-hydroxylation sites is 2. The molecule has 1 unspecified atom stereocenters. The molecule has 0 spiro atoms. The predicted octanol–water partition coefficient (Wildman–Crippen LogP) is 2.92. The van der Waals surface area contributed by atoms with Crippen LogP contribution in [0.4, 0.5) is 5.69 Å². The Hall–Kier alpha value is -2.69. The Balaban J connectivity index is 1.44. The average molecular weight is 324 g/mol. The number of hydrogen-bond donors (Lipinski definition) is 3. The monoisotopic (exact) mass is 324 g/mol. The number of aliphatic imine (C=N–C) groups is 1. The lowest BCUT2D eigenvalue weighted by Crippen LogP contribution is -2.37. The molecule has 0 saturated heterocycles. The first-order valence-electron chi connectivity index (χ1n) is 8.40. The Labute approximate surface area is 142 Å². The molecular weight excluding hydrogens is 300 g/mol. The summed E-state index contributed by atoms with van der Waals surface area (Å²) in [7, 11) is 0. The summed E-state index contributed by atoms with van der Waals surface area (Å²) in [5.74, 6) is 1.43. The molecule has 1 aliphatic heterocycles. The van der Waals surface area contributed by atoms with Gasteiger partial charge in [0.05, 0.1) is 12.6 Å².